The zero-order valence-corrected chi connectivity index (χ0v) is 20.9. The minimum absolute atomic E-state index is 0.560. The van der Waals surface area contributed by atoms with Crippen LogP contribution in [0.1, 0.15) is 51.0 Å². The summed E-state index contributed by atoms with van der Waals surface area (Å²) < 4.78 is 5.75. The van der Waals surface area contributed by atoms with Crippen LogP contribution in [0.5, 0.6) is 5.75 Å². The molecule has 1 aromatic carbocycles. The van der Waals surface area contributed by atoms with Crippen molar-refractivity contribution >= 4 is 29.2 Å². The molecule has 1 aromatic heterocycles. The Bertz CT molecular complexity index is 1020. The van der Waals surface area contributed by atoms with Crippen LogP contribution >= 0.6 is 0 Å². The van der Waals surface area contributed by atoms with Crippen LogP contribution in [-0.4, -0.2) is 67.8 Å². The molecule has 1 saturated carbocycles. The van der Waals surface area contributed by atoms with Gasteiger partial charge in [-0.25, -0.2) is 4.98 Å². The smallest absolute Gasteiger partial charge is 0.229 e. The Balaban J connectivity index is 1.38. The van der Waals surface area contributed by atoms with Gasteiger partial charge in [-0.05, 0) is 45.0 Å². The van der Waals surface area contributed by atoms with Crippen LogP contribution in [0.3, 0.4) is 0 Å². The highest BCUT2D eigenvalue weighted by molar-refractivity contribution is 5.73. The first-order chi connectivity index (χ1) is 16.6. The first-order valence-corrected chi connectivity index (χ1v) is 12.8. The Morgan fingerprint density at radius 1 is 1.03 bits per heavy atom. The molecule has 0 radical (unpaired) electrons. The molecule has 182 valence electrons. The standard InChI is InChI=1S/C27H38N6O/c1-20-16-21-18-28-27(30-26(21)33(19-20)22-8-6-4-5-7-9-22)29-24-11-10-23(17-25(24)34-3)32-14-12-31(2)13-15-32/h10-11,16-18,22H,4-9,12-15,19H2,1-3H3,(H,28,29,30). The van der Waals surface area contributed by atoms with Crippen molar-refractivity contribution in [3.05, 3.63) is 35.5 Å². The molecule has 3 aliphatic rings. The topological polar surface area (TPSA) is 56.8 Å². The second-order valence-electron chi connectivity index (χ2n) is 10.0. The molecular formula is C27H38N6O. The van der Waals surface area contributed by atoms with Crippen molar-refractivity contribution in [2.75, 3.05) is 62.0 Å². The molecule has 5 rings (SSSR count). The summed E-state index contributed by atoms with van der Waals surface area (Å²) in [6.07, 6.45) is 12.0. The van der Waals surface area contributed by atoms with Gasteiger partial charge in [0.15, 0.2) is 0 Å². The van der Waals surface area contributed by atoms with E-state index in [2.05, 4.69) is 63.2 Å². The highest BCUT2D eigenvalue weighted by atomic mass is 16.5. The van der Waals surface area contributed by atoms with Crippen molar-refractivity contribution in [1.82, 2.24) is 14.9 Å². The van der Waals surface area contributed by atoms with E-state index in [0.717, 1.165) is 55.5 Å². The quantitative estimate of drug-likeness (QED) is 0.633. The number of hydrogen-bond acceptors (Lipinski definition) is 7. The molecule has 1 N–H and O–H groups in total. The third-order valence-electron chi connectivity index (χ3n) is 7.46. The highest BCUT2D eigenvalue weighted by Gasteiger charge is 2.27. The lowest BCUT2D eigenvalue weighted by molar-refractivity contribution is 0.312. The SMILES string of the molecule is COc1cc(N2CCN(C)CC2)ccc1Nc1ncc2c(n1)N(C1CCCCCC1)CC(C)=C2. The molecule has 2 aliphatic heterocycles. The number of hydrogen-bond donors (Lipinski definition) is 1. The number of likely N-dealkylation sites (N-methyl/N-ethyl adjacent to an activating group) is 1. The Morgan fingerprint density at radius 2 is 1.79 bits per heavy atom. The van der Waals surface area contributed by atoms with Crippen molar-refractivity contribution in [1.29, 1.82) is 0 Å². The molecule has 0 spiro atoms. The van der Waals surface area contributed by atoms with Gasteiger partial charge in [-0.1, -0.05) is 31.3 Å². The zero-order valence-electron chi connectivity index (χ0n) is 20.9. The van der Waals surface area contributed by atoms with E-state index in [0.29, 0.717) is 12.0 Å². The zero-order chi connectivity index (χ0) is 23.5. The van der Waals surface area contributed by atoms with Crippen molar-refractivity contribution < 1.29 is 4.74 Å². The summed E-state index contributed by atoms with van der Waals surface area (Å²) in [6.45, 7) is 7.39. The van der Waals surface area contributed by atoms with Crippen LogP contribution in [-0.2, 0) is 0 Å². The molecular weight excluding hydrogens is 424 g/mol. The van der Waals surface area contributed by atoms with Gasteiger partial charge in [-0.2, -0.15) is 4.98 Å². The summed E-state index contributed by atoms with van der Waals surface area (Å²) in [6, 6.07) is 6.93. The maximum atomic E-state index is 5.75. The summed E-state index contributed by atoms with van der Waals surface area (Å²) in [5.74, 6) is 2.49. The van der Waals surface area contributed by atoms with Crippen molar-refractivity contribution in [2.45, 2.75) is 51.5 Å². The second-order valence-corrected chi connectivity index (χ2v) is 10.0. The van der Waals surface area contributed by atoms with Crippen LogP contribution in [0.4, 0.5) is 23.1 Å². The number of rotatable bonds is 5. The number of nitrogens with one attached hydrogen (secondary N) is 1. The predicted molar refractivity (Wildman–Crippen MR) is 141 cm³/mol. The number of ether oxygens (including phenoxy) is 1. The summed E-state index contributed by atoms with van der Waals surface area (Å²) in [4.78, 5) is 17.0. The van der Waals surface area contributed by atoms with Gasteiger partial charge in [0.05, 0.1) is 12.8 Å². The van der Waals surface area contributed by atoms with Crippen LogP contribution in [0.2, 0.25) is 0 Å². The normalized spacial score (nSPS) is 19.9. The minimum Gasteiger partial charge on any atom is -0.494 e. The molecule has 7 nitrogen and oxygen atoms in total. The Hall–Kier alpha value is -2.80. The minimum atomic E-state index is 0.560. The summed E-state index contributed by atoms with van der Waals surface area (Å²) in [7, 11) is 3.90. The molecule has 0 bridgehead atoms. The maximum Gasteiger partial charge on any atom is 0.229 e. The largest absolute Gasteiger partial charge is 0.494 e. The van der Waals surface area contributed by atoms with Gasteiger partial charge in [-0.15, -0.1) is 0 Å². The van der Waals surface area contributed by atoms with E-state index in [1.54, 1.807) is 7.11 Å². The van der Waals surface area contributed by atoms with E-state index < -0.39 is 0 Å². The van der Waals surface area contributed by atoms with Gasteiger partial charge in [0, 0.05) is 62.3 Å². The van der Waals surface area contributed by atoms with Crippen molar-refractivity contribution in [2.24, 2.45) is 0 Å². The molecule has 2 aromatic rings. The summed E-state index contributed by atoms with van der Waals surface area (Å²) in [5, 5.41) is 3.44. The maximum absolute atomic E-state index is 5.75. The summed E-state index contributed by atoms with van der Waals surface area (Å²) in [5.41, 5.74) is 4.59. The molecule has 2 fully saturated rings. The molecule has 1 aliphatic carbocycles. The van der Waals surface area contributed by atoms with Crippen LogP contribution in [0.15, 0.2) is 30.0 Å². The van der Waals surface area contributed by atoms with Crippen molar-refractivity contribution in [3.63, 3.8) is 0 Å². The molecule has 0 unspecified atom stereocenters. The monoisotopic (exact) mass is 462 g/mol. The third-order valence-corrected chi connectivity index (χ3v) is 7.46. The average Bonchev–Trinajstić information content (AvgIpc) is 3.14. The number of aromatic nitrogens is 2. The van der Waals surface area contributed by atoms with E-state index in [-0.39, 0.29) is 0 Å². The van der Waals surface area contributed by atoms with Crippen LogP contribution < -0.4 is 19.9 Å². The number of fused-ring (bicyclic) bond motifs is 1. The van der Waals surface area contributed by atoms with E-state index >= 15 is 0 Å². The predicted octanol–water partition coefficient (Wildman–Crippen LogP) is 4.93. The van der Waals surface area contributed by atoms with E-state index in [4.69, 9.17) is 9.72 Å². The van der Waals surface area contributed by atoms with E-state index in [1.165, 1.54) is 49.8 Å². The van der Waals surface area contributed by atoms with Crippen molar-refractivity contribution in [3.8, 4) is 5.75 Å². The summed E-state index contributed by atoms with van der Waals surface area (Å²) >= 11 is 0. The lowest BCUT2D eigenvalue weighted by atomic mass is 10.0. The Kier molecular flexibility index (Phi) is 6.90. The lowest BCUT2D eigenvalue weighted by Crippen LogP contribution is -2.44. The number of nitrogens with zero attached hydrogens (tertiary/aromatic N) is 5. The van der Waals surface area contributed by atoms with Gasteiger partial charge in [0.2, 0.25) is 5.95 Å². The second kappa shape index (κ2) is 10.2. The molecule has 1 saturated heterocycles. The third kappa shape index (κ3) is 4.99. The number of methoxy groups -OCH3 is 1. The Morgan fingerprint density at radius 3 is 2.53 bits per heavy atom. The lowest BCUT2D eigenvalue weighted by Gasteiger charge is -2.36. The van der Waals surface area contributed by atoms with Gasteiger partial charge >= 0.3 is 0 Å². The highest BCUT2D eigenvalue weighted by Crippen LogP contribution is 2.35. The molecule has 34 heavy (non-hydrogen) atoms. The fourth-order valence-electron chi connectivity index (χ4n) is 5.47. The van der Waals surface area contributed by atoms with Crippen LogP contribution in [0.25, 0.3) is 6.08 Å². The van der Waals surface area contributed by atoms with E-state index in [9.17, 15) is 0 Å². The van der Waals surface area contributed by atoms with Gasteiger partial charge in [0.1, 0.15) is 11.6 Å². The molecule has 7 heteroatoms. The van der Waals surface area contributed by atoms with Gasteiger partial charge in [0.25, 0.3) is 0 Å². The fourth-order valence-corrected chi connectivity index (χ4v) is 5.47. The van der Waals surface area contributed by atoms with Crippen LogP contribution in [0, 0.1) is 0 Å². The van der Waals surface area contributed by atoms with E-state index in [1.807, 2.05) is 6.20 Å². The number of benzene rings is 1. The van der Waals surface area contributed by atoms with Gasteiger partial charge < -0.3 is 24.8 Å². The molecule has 0 atom stereocenters. The molecule has 3 heterocycles. The molecule has 0 amide bonds. The Labute approximate surface area is 203 Å². The fraction of sp³-hybridized carbons (Fsp3) is 0.556. The average molecular weight is 463 g/mol. The first-order valence-electron chi connectivity index (χ1n) is 12.8. The number of piperazine rings is 1. The first kappa shape index (κ1) is 23.0. The van der Waals surface area contributed by atoms with Gasteiger partial charge in [-0.3, -0.25) is 0 Å². The number of anilines is 4.